The third-order valence-corrected chi connectivity index (χ3v) is 7.13. The van der Waals surface area contributed by atoms with Crippen LogP contribution in [0.15, 0.2) is 43.0 Å². The Bertz CT molecular complexity index is 1090. The third-order valence-electron chi connectivity index (χ3n) is 6.95. The standard InChI is InChI=1S/C24H25ClF4N4O3/c1-22(16-12-30-14-31-13-16,21(35)32-17-6-10-36-11-7-17)33(20(34)19(25)26)18-4-2-15(3-5-18)23(8-9-23)24(27,28)29/h2-5,12-14,17,19H,6-11H2,1H3,(H,32,35)/t19-,22-/m0/s1. The second-order valence-electron chi connectivity index (χ2n) is 9.16. The number of nitrogens with one attached hydrogen (secondary N) is 1. The van der Waals surface area contributed by atoms with Crippen molar-refractivity contribution in [2.75, 3.05) is 18.1 Å². The molecule has 1 saturated heterocycles. The van der Waals surface area contributed by atoms with E-state index in [1.165, 1.54) is 49.9 Å². The van der Waals surface area contributed by atoms with E-state index in [2.05, 4.69) is 15.3 Å². The number of aromatic nitrogens is 2. The van der Waals surface area contributed by atoms with Gasteiger partial charge in [-0.25, -0.2) is 14.4 Å². The summed E-state index contributed by atoms with van der Waals surface area (Å²) in [5.74, 6) is -1.90. The molecular weight excluding hydrogens is 504 g/mol. The minimum absolute atomic E-state index is 0.00138. The summed E-state index contributed by atoms with van der Waals surface area (Å²) >= 11 is 5.55. The molecule has 7 nitrogen and oxygen atoms in total. The fourth-order valence-corrected chi connectivity index (χ4v) is 4.67. The molecule has 2 heterocycles. The first kappa shape index (κ1) is 26.3. The highest BCUT2D eigenvalue weighted by atomic mass is 35.5. The van der Waals surface area contributed by atoms with Gasteiger partial charge in [-0.05, 0) is 50.3 Å². The highest BCUT2D eigenvalue weighted by Crippen LogP contribution is 2.59. The molecule has 1 saturated carbocycles. The van der Waals surface area contributed by atoms with Crippen LogP contribution >= 0.6 is 11.6 Å². The van der Waals surface area contributed by atoms with E-state index >= 15 is 0 Å². The molecule has 4 rings (SSSR count). The first-order valence-electron chi connectivity index (χ1n) is 11.4. The van der Waals surface area contributed by atoms with Crippen LogP contribution in [0.4, 0.5) is 23.2 Å². The van der Waals surface area contributed by atoms with Crippen molar-refractivity contribution in [1.82, 2.24) is 15.3 Å². The molecule has 0 radical (unpaired) electrons. The molecule has 2 amide bonds. The maximum atomic E-state index is 14.3. The number of halogens is 5. The van der Waals surface area contributed by atoms with E-state index in [1.807, 2.05) is 0 Å². The highest BCUT2D eigenvalue weighted by molar-refractivity contribution is 6.32. The van der Waals surface area contributed by atoms with E-state index in [0.717, 1.165) is 4.90 Å². The Labute approximate surface area is 210 Å². The first-order chi connectivity index (χ1) is 17.0. The van der Waals surface area contributed by atoms with E-state index < -0.39 is 34.6 Å². The summed E-state index contributed by atoms with van der Waals surface area (Å²) in [6.07, 6.45) is 0.424. The van der Waals surface area contributed by atoms with Crippen LogP contribution in [0.2, 0.25) is 0 Å². The van der Waals surface area contributed by atoms with E-state index in [0.29, 0.717) is 26.1 Å². The lowest BCUT2D eigenvalue weighted by Gasteiger charge is -2.41. The van der Waals surface area contributed by atoms with Crippen molar-refractivity contribution in [3.05, 3.63) is 54.1 Å². The van der Waals surface area contributed by atoms with Crippen molar-refractivity contribution >= 4 is 29.1 Å². The van der Waals surface area contributed by atoms with Crippen molar-refractivity contribution in [2.45, 2.75) is 61.4 Å². The average Bonchev–Trinajstić information content (AvgIpc) is 3.68. The van der Waals surface area contributed by atoms with Crippen molar-refractivity contribution in [1.29, 1.82) is 0 Å². The minimum Gasteiger partial charge on any atom is -0.381 e. The summed E-state index contributed by atoms with van der Waals surface area (Å²) in [6.45, 7) is 2.27. The Kier molecular flexibility index (Phi) is 7.25. The molecule has 2 atom stereocenters. The van der Waals surface area contributed by atoms with E-state index in [9.17, 15) is 27.2 Å². The second kappa shape index (κ2) is 9.93. The van der Waals surface area contributed by atoms with Gasteiger partial charge in [0.15, 0.2) is 5.54 Å². The van der Waals surface area contributed by atoms with Crippen molar-refractivity contribution in [3.63, 3.8) is 0 Å². The van der Waals surface area contributed by atoms with Gasteiger partial charge in [-0.2, -0.15) is 13.2 Å². The summed E-state index contributed by atoms with van der Waals surface area (Å²) in [5, 5.41) is 2.88. The maximum Gasteiger partial charge on any atom is 0.398 e. The van der Waals surface area contributed by atoms with Crippen LogP contribution in [-0.4, -0.2) is 52.8 Å². The SMILES string of the molecule is C[C@@](C(=O)NC1CCOCC1)(c1cncnc1)N(C(=O)[C@H](F)Cl)c1ccc(C2(C(F)(F)F)CC2)cc1. The van der Waals surface area contributed by atoms with Gasteiger partial charge in [0.2, 0.25) is 0 Å². The van der Waals surface area contributed by atoms with Crippen LogP contribution in [0, 0.1) is 0 Å². The van der Waals surface area contributed by atoms with Crippen LogP contribution in [0.3, 0.4) is 0 Å². The lowest BCUT2D eigenvalue weighted by Crippen LogP contribution is -2.60. The molecule has 2 aromatic rings. The molecular formula is C24H25ClF4N4O3. The molecule has 0 unspecified atom stereocenters. The van der Waals surface area contributed by atoms with Gasteiger partial charge < -0.3 is 10.1 Å². The Hall–Kier alpha value is -2.79. The van der Waals surface area contributed by atoms with Crippen LogP contribution in [-0.2, 0) is 25.3 Å². The number of nitrogens with zero attached hydrogens (tertiary/aromatic N) is 3. The molecule has 36 heavy (non-hydrogen) atoms. The second-order valence-corrected chi connectivity index (χ2v) is 9.54. The number of anilines is 1. The van der Waals surface area contributed by atoms with Crippen LogP contribution < -0.4 is 10.2 Å². The molecule has 2 fully saturated rings. The zero-order valence-corrected chi connectivity index (χ0v) is 20.2. The van der Waals surface area contributed by atoms with Gasteiger partial charge in [0, 0.05) is 42.9 Å². The van der Waals surface area contributed by atoms with E-state index in [4.69, 9.17) is 16.3 Å². The number of amides is 2. The number of hydrogen-bond donors (Lipinski definition) is 1. The number of hydrogen-bond acceptors (Lipinski definition) is 5. The number of carbonyl (C=O) groups excluding carboxylic acids is 2. The predicted octanol–water partition coefficient (Wildman–Crippen LogP) is 4.15. The van der Waals surface area contributed by atoms with Gasteiger partial charge in [0.25, 0.3) is 17.4 Å². The lowest BCUT2D eigenvalue weighted by molar-refractivity contribution is -0.160. The van der Waals surface area contributed by atoms with Gasteiger partial charge in [-0.1, -0.05) is 23.7 Å². The van der Waals surface area contributed by atoms with E-state index in [-0.39, 0.29) is 35.7 Å². The van der Waals surface area contributed by atoms with Crippen LogP contribution in [0.25, 0.3) is 0 Å². The van der Waals surface area contributed by atoms with Gasteiger partial charge in [0.05, 0.1) is 5.41 Å². The molecule has 0 spiro atoms. The number of benzene rings is 1. The molecule has 0 bridgehead atoms. The number of alkyl halides is 5. The van der Waals surface area contributed by atoms with Crippen LogP contribution in [0.5, 0.6) is 0 Å². The fourth-order valence-electron chi connectivity index (χ4n) is 4.57. The number of ether oxygens (including phenoxy) is 1. The highest BCUT2D eigenvalue weighted by Gasteiger charge is 2.64. The Balaban J connectivity index is 1.78. The largest absolute Gasteiger partial charge is 0.398 e. The maximum absolute atomic E-state index is 14.3. The molecule has 1 aliphatic carbocycles. The Morgan fingerprint density at radius 2 is 1.72 bits per heavy atom. The Morgan fingerprint density at radius 3 is 2.22 bits per heavy atom. The summed E-state index contributed by atoms with van der Waals surface area (Å²) < 4.78 is 60.4. The fraction of sp³-hybridized carbons (Fsp3) is 0.500. The zero-order chi connectivity index (χ0) is 26.1. The van der Waals surface area contributed by atoms with Crippen molar-refractivity contribution in [2.24, 2.45) is 0 Å². The molecule has 2 aliphatic rings. The van der Waals surface area contributed by atoms with Crippen molar-refractivity contribution in [3.8, 4) is 0 Å². The summed E-state index contributed by atoms with van der Waals surface area (Å²) in [5.41, 5.74) is -6.14. The monoisotopic (exact) mass is 528 g/mol. The normalized spacial score (nSPS) is 20.2. The predicted molar refractivity (Wildman–Crippen MR) is 123 cm³/mol. The van der Waals surface area contributed by atoms with Crippen molar-refractivity contribution < 1.29 is 31.9 Å². The number of carbonyl (C=O) groups is 2. The molecule has 1 N–H and O–H groups in total. The van der Waals surface area contributed by atoms with E-state index in [1.54, 1.807) is 0 Å². The molecule has 1 aromatic heterocycles. The molecule has 194 valence electrons. The summed E-state index contributed by atoms with van der Waals surface area (Å²) in [7, 11) is 0. The quantitative estimate of drug-likeness (QED) is 0.431. The van der Waals surface area contributed by atoms with Gasteiger partial charge in [-0.15, -0.1) is 0 Å². The smallest absolute Gasteiger partial charge is 0.381 e. The zero-order valence-electron chi connectivity index (χ0n) is 19.4. The lowest BCUT2D eigenvalue weighted by atomic mass is 9.88. The topological polar surface area (TPSA) is 84.4 Å². The average molecular weight is 529 g/mol. The number of rotatable bonds is 7. The summed E-state index contributed by atoms with van der Waals surface area (Å²) in [4.78, 5) is 35.6. The Morgan fingerprint density at radius 1 is 1.14 bits per heavy atom. The van der Waals surface area contributed by atoms with Gasteiger partial charge in [-0.3, -0.25) is 14.5 Å². The minimum atomic E-state index is -4.43. The molecule has 1 aromatic carbocycles. The first-order valence-corrected chi connectivity index (χ1v) is 11.9. The molecule has 12 heteroatoms. The summed E-state index contributed by atoms with van der Waals surface area (Å²) in [6, 6.07) is 4.77. The molecule has 1 aliphatic heterocycles. The third kappa shape index (κ3) is 4.78. The van der Waals surface area contributed by atoms with Crippen LogP contribution in [0.1, 0.15) is 43.7 Å². The van der Waals surface area contributed by atoms with Gasteiger partial charge in [0.1, 0.15) is 6.33 Å². The van der Waals surface area contributed by atoms with Gasteiger partial charge >= 0.3 is 6.18 Å².